The van der Waals surface area contributed by atoms with Gasteiger partial charge in [-0.25, -0.2) is 4.79 Å². The van der Waals surface area contributed by atoms with E-state index in [0.29, 0.717) is 6.61 Å². The van der Waals surface area contributed by atoms with Crippen molar-refractivity contribution in [3.8, 4) is 0 Å². The Labute approximate surface area is 141 Å². The Morgan fingerprint density at radius 3 is 2.68 bits per heavy atom. The van der Waals surface area contributed by atoms with Gasteiger partial charge in [0.05, 0.1) is 23.7 Å². The summed E-state index contributed by atoms with van der Waals surface area (Å²) in [4.78, 5) is 15.6. The number of pyridine rings is 1. The maximum Gasteiger partial charge on any atom is 0.490 e. The van der Waals surface area contributed by atoms with Gasteiger partial charge in [0.2, 0.25) is 0 Å². The molecular weight excluding hydrogens is 341 g/mol. The van der Waals surface area contributed by atoms with E-state index < -0.39 is 12.1 Å². The summed E-state index contributed by atoms with van der Waals surface area (Å²) in [5.74, 6) is -2.76. The minimum Gasteiger partial charge on any atom is -0.475 e. The van der Waals surface area contributed by atoms with Crippen molar-refractivity contribution in [1.82, 2.24) is 20.1 Å². The van der Waals surface area contributed by atoms with Gasteiger partial charge in [0.15, 0.2) is 0 Å². The van der Waals surface area contributed by atoms with E-state index in [1.807, 2.05) is 18.3 Å². The first-order valence-corrected chi connectivity index (χ1v) is 7.27. The fourth-order valence-corrected chi connectivity index (χ4v) is 2.35. The molecule has 136 valence electrons. The smallest absolute Gasteiger partial charge is 0.475 e. The number of H-pyrrole nitrogens is 1. The zero-order valence-corrected chi connectivity index (χ0v) is 13.4. The molecule has 0 amide bonds. The fourth-order valence-electron chi connectivity index (χ4n) is 2.35. The molecule has 3 rings (SSSR count). The Morgan fingerprint density at radius 1 is 1.40 bits per heavy atom. The van der Waals surface area contributed by atoms with Crippen LogP contribution in [-0.4, -0.2) is 44.4 Å². The van der Waals surface area contributed by atoms with Crippen LogP contribution in [0, 0.1) is 0 Å². The normalized spacial score (nSPS) is 13.9. The molecule has 1 aliphatic rings. The number of nitrogens with zero attached hydrogens (tertiary/aromatic N) is 3. The number of hydrogen-bond acceptors (Lipinski definition) is 5. The Morgan fingerprint density at radius 2 is 2.12 bits per heavy atom. The van der Waals surface area contributed by atoms with Crippen LogP contribution in [0.1, 0.15) is 22.6 Å². The third-order valence-corrected chi connectivity index (χ3v) is 3.44. The first-order valence-electron chi connectivity index (χ1n) is 7.27. The van der Waals surface area contributed by atoms with E-state index in [-0.39, 0.29) is 0 Å². The molecule has 0 unspecified atom stereocenters. The molecule has 0 aromatic carbocycles. The number of aromatic nitrogens is 3. The first kappa shape index (κ1) is 18.9. The quantitative estimate of drug-likeness (QED) is 0.870. The van der Waals surface area contributed by atoms with Crippen LogP contribution in [0.2, 0.25) is 0 Å². The van der Waals surface area contributed by atoms with E-state index in [2.05, 4.69) is 26.1 Å². The van der Waals surface area contributed by atoms with Gasteiger partial charge in [-0.3, -0.25) is 15.0 Å². The standard InChI is InChI=1S/C13H16N4O.C2HF3O2/c1-18-9-13-11-7-17(8-12(11)15-16-13)6-10-4-2-3-5-14-10;3-2(4,5)1(6)7/h2-5H,6-9H2,1H3,(H,15,16);(H,6,7). The zero-order valence-electron chi connectivity index (χ0n) is 13.4. The SMILES string of the molecule is COCc1n[nH]c2c1CN(Cc1ccccn1)C2.O=C(O)C(F)(F)F. The number of methoxy groups -OCH3 is 1. The molecule has 0 saturated heterocycles. The summed E-state index contributed by atoms with van der Waals surface area (Å²) in [6.07, 6.45) is -3.25. The molecular formula is C15H17F3N4O3. The van der Waals surface area contributed by atoms with Crippen LogP contribution in [0.5, 0.6) is 0 Å². The second-order valence-corrected chi connectivity index (χ2v) is 5.33. The number of carboxylic acid groups (broad SMARTS) is 1. The number of alkyl halides is 3. The van der Waals surface area contributed by atoms with E-state index in [1.54, 1.807) is 7.11 Å². The highest BCUT2D eigenvalue weighted by Gasteiger charge is 2.38. The number of carboxylic acids is 1. The first-order chi connectivity index (χ1) is 11.8. The minimum absolute atomic E-state index is 0.573. The monoisotopic (exact) mass is 358 g/mol. The van der Waals surface area contributed by atoms with Gasteiger partial charge in [-0.05, 0) is 12.1 Å². The average Bonchev–Trinajstić information content (AvgIpc) is 3.10. The highest BCUT2D eigenvalue weighted by Crippen LogP contribution is 2.25. The van der Waals surface area contributed by atoms with Gasteiger partial charge < -0.3 is 9.84 Å². The van der Waals surface area contributed by atoms with Crippen LogP contribution in [0.25, 0.3) is 0 Å². The zero-order chi connectivity index (χ0) is 18.4. The molecule has 0 radical (unpaired) electrons. The average molecular weight is 358 g/mol. The molecule has 0 spiro atoms. The van der Waals surface area contributed by atoms with Crippen molar-refractivity contribution in [3.05, 3.63) is 47.0 Å². The highest BCUT2D eigenvalue weighted by atomic mass is 19.4. The summed E-state index contributed by atoms with van der Waals surface area (Å²) in [7, 11) is 1.70. The van der Waals surface area contributed by atoms with Gasteiger partial charge in [-0.15, -0.1) is 0 Å². The van der Waals surface area contributed by atoms with Gasteiger partial charge >= 0.3 is 12.1 Å². The summed E-state index contributed by atoms with van der Waals surface area (Å²) >= 11 is 0. The van der Waals surface area contributed by atoms with E-state index >= 15 is 0 Å². The molecule has 0 atom stereocenters. The number of nitrogens with one attached hydrogen (secondary N) is 1. The van der Waals surface area contributed by atoms with Crippen molar-refractivity contribution < 1.29 is 27.8 Å². The molecule has 3 heterocycles. The number of fused-ring (bicyclic) bond motifs is 1. The summed E-state index contributed by atoms with van der Waals surface area (Å²) in [5, 5.41) is 14.5. The maximum atomic E-state index is 10.6. The van der Waals surface area contributed by atoms with Crippen LogP contribution in [0.15, 0.2) is 24.4 Å². The summed E-state index contributed by atoms with van der Waals surface area (Å²) in [5.41, 5.74) is 4.62. The topological polar surface area (TPSA) is 91.3 Å². The van der Waals surface area contributed by atoms with Crippen LogP contribution in [-0.2, 0) is 35.8 Å². The fraction of sp³-hybridized carbons (Fsp3) is 0.400. The number of aliphatic carboxylic acids is 1. The minimum atomic E-state index is -5.08. The second kappa shape index (κ2) is 8.08. The number of ether oxygens (including phenoxy) is 1. The van der Waals surface area contributed by atoms with Gasteiger partial charge in [-0.2, -0.15) is 18.3 Å². The Kier molecular flexibility index (Phi) is 6.10. The Hall–Kier alpha value is -2.46. The largest absolute Gasteiger partial charge is 0.490 e. The van der Waals surface area contributed by atoms with Crippen molar-refractivity contribution >= 4 is 5.97 Å². The molecule has 0 fully saturated rings. The molecule has 0 saturated carbocycles. The lowest BCUT2D eigenvalue weighted by Gasteiger charge is -2.14. The van der Waals surface area contributed by atoms with Crippen molar-refractivity contribution in [2.75, 3.05) is 7.11 Å². The lowest BCUT2D eigenvalue weighted by atomic mass is 10.2. The lowest BCUT2D eigenvalue weighted by Crippen LogP contribution is -2.21. The predicted octanol–water partition coefficient (Wildman–Crippen LogP) is 2.10. The predicted molar refractivity (Wildman–Crippen MR) is 80.2 cm³/mol. The third kappa shape index (κ3) is 5.26. The molecule has 10 heteroatoms. The van der Waals surface area contributed by atoms with Gasteiger partial charge in [0, 0.05) is 38.5 Å². The van der Waals surface area contributed by atoms with Gasteiger partial charge in [0.25, 0.3) is 0 Å². The van der Waals surface area contributed by atoms with Crippen LogP contribution in [0.3, 0.4) is 0 Å². The van der Waals surface area contributed by atoms with E-state index in [9.17, 15) is 13.2 Å². The van der Waals surface area contributed by atoms with Crippen molar-refractivity contribution in [2.45, 2.75) is 32.4 Å². The highest BCUT2D eigenvalue weighted by molar-refractivity contribution is 5.73. The van der Waals surface area contributed by atoms with Crippen LogP contribution in [0.4, 0.5) is 13.2 Å². The van der Waals surface area contributed by atoms with Crippen molar-refractivity contribution in [1.29, 1.82) is 0 Å². The number of rotatable bonds is 4. The molecule has 25 heavy (non-hydrogen) atoms. The third-order valence-electron chi connectivity index (χ3n) is 3.44. The van der Waals surface area contributed by atoms with Crippen LogP contribution >= 0.6 is 0 Å². The molecule has 2 N–H and O–H groups in total. The summed E-state index contributed by atoms with van der Waals surface area (Å²) in [6, 6.07) is 6.02. The number of aromatic amines is 1. The van der Waals surface area contributed by atoms with Crippen molar-refractivity contribution in [2.24, 2.45) is 0 Å². The van der Waals surface area contributed by atoms with Gasteiger partial charge in [0.1, 0.15) is 0 Å². The molecule has 2 aromatic heterocycles. The molecule has 1 aliphatic heterocycles. The Bertz CT molecular complexity index is 704. The molecule has 0 aliphatic carbocycles. The molecule has 0 bridgehead atoms. The summed E-state index contributed by atoms with van der Waals surface area (Å²) in [6.45, 7) is 3.27. The Balaban J connectivity index is 0.000000277. The van der Waals surface area contributed by atoms with E-state index in [0.717, 1.165) is 31.0 Å². The van der Waals surface area contributed by atoms with E-state index in [4.69, 9.17) is 14.6 Å². The van der Waals surface area contributed by atoms with Crippen LogP contribution < -0.4 is 0 Å². The second-order valence-electron chi connectivity index (χ2n) is 5.33. The molecule has 2 aromatic rings. The maximum absolute atomic E-state index is 10.6. The number of carbonyl (C=O) groups is 1. The van der Waals surface area contributed by atoms with Gasteiger partial charge in [-0.1, -0.05) is 6.07 Å². The molecule has 7 nitrogen and oxygen atoms in total. The van der Waals surface area contributed by atoms with Crippen molar-refractivity contribution in [3.63, 3.8) is 0 Å². The van der Waals surface area contributed by atoms with E-state index in [1.165, 1.54) is 11.3 Å². The summed E-state index contributed by atoms with van der Waals surface area (Å²) < 4.78 is 36.9. The number of halogens is 3. The number of hydrogen-bond donors (Lipinski definition) is 2. The lowest BCUT2D eigenvalue weighted by molar-refractivity contribution is -0.192.